The van der Waals surface area contributed by atoms with Crippen molar-refractivity contribution >= 4 is 46.1 Å². The summed E-state index contributed by atoms with van der Waals surface area (Å²) >= 11 is 13.2. The molecule has 0 saturated heterocycles. The molecule has 0 atom stereocenters. The van der Waals surface area contributed by atoms with Gasteiger partial charge in [-0.3, -0.25) is 4.79 Å². The van der Waals surface area contributed by atoms with Crippen LogP contribution in [0.2, 0.25) is 5.02 Å². The van der Waals surface area contributed by atoms with Crippen molar-refractivity contribution in [3.05, 3.63) is 50.7 Å². The molecule has 0 unspecified atom stereocenters. The van der Waals surface area contributed by atoms with Gasteiger partial charge in [0.1, 0.15) is 4.88 Å². The minimum absolute atomic E-state index is 0.164. The Kier molecular flexibility index (Phi) is 5.46. The third kappa shape index (κ3) is 3.75. The molecule has 106 valence electrons. The van der Waals surface area contributed by atoms with E-state index in [4.69, 9.17) is 23.2 Å². The molecule has 1 N–H and O–H groups in total. The van der Waals surface area contributed by atoms with E-state index in [2.05, 4.69) is 5.32 Å². The quantitative estimate of drug-likeness (QED) is 0.757. The first-order valence-corrected chi connectivity index (χ1v) is 8.11. The topological polar surface area (TPSA) is 29.1 Å². The summed E-state index contributed by atoms with van der Waals surface area (Å²) in [5.41, 5.74) is 2.87. The number of anilines is 1. The van der Waals surface area contributed by atoms with Crippen LogP contribution in [0.1, 0.15) is 27.2 Å². The standard InChI is InChI=1S/C15H15Cl2NOS/c1-10-9-20-14(13(10)17)15(19)18-12-6-2-4-11(8-12)5-3-7-16/h2,4,6,8-9H,3,5,7H2,1H3,(H,18,19). The monoisotopic (exact) mass is 327 g/mol. The zero-order valence-corrected chi connectivity index (χ0v) is 13.4. The number of hydrogen-bond donors (Lipinski definition) is 1. The van der Waals surface area contributed by atoms with Gasteiger partial charge in [-0.2, -0.15) is 0 Å². The molecule has 1 aromatic heterocycles. The fourth-order valence-corrected chi connectivity index (χ4v) is 3.15. The van der Waals surface area contributed by atoms with Crippen molar-refractivity contribution in [2.24, 2.45) is 0 Å². The molecule has 0 radical (unpaired) electrons. The van der Waals surface area contributed by atoms with Gasteiger partial charge in [0, 0.05) is 11.6 Å². The normalized spacial score (nSPS) is 10.6. The number of aryl methyl sites for hydroxylation is 2. The van der Waals surface area contributed by atoms with Gasteiger partial charge in [0.05, 0.1) is 5.02 Å². The molecule has 5 heteroatoms. The van der Waals surface area contributed by atoms with Gasteiger partial charge >= 0.3 is 0 Å². The van der Waals surface area contributed by atoms with Crippen LogP contribution in [0.3, 0.4) is 0 Å². The summed E-state index contributed by atoms with van der Waals surface area (Å²) in [6.07, 6.45) is 1.83. The van der Waals surface area contributed by atoms with Crippen molar-refractivity contribution in [2.45, 2.75) is 19.8 Å². The number of hydrogen-bond acceptors (Lipinski definition) is 2. The highest BCUT2D eigenvalue weighted by atomic mass is 35.5. The fraction of sp³-hybridized carbons (Fsp3) is 0.267. The summed E-state index contributed by atoms with van der Waals surface area (Å²) in [4.78, 5) is 12.7. The molecule has 2 aromatic rings. The van der Waals surface area contributed by atoms with Crippen LogP contribution in [-0.2, 0) is 6.42 Å². The maximum Gasteiger partial charge on any atom is 0.267 e. The van der Waals surface area contributed by atoms with Gasteiger partial charge in [-0.05, 0) is 48.4 Å². The number of benzene rings is 1. The van der Waals surface area contributed by atoms with E-state index >= 15 is 0 Å². The first-order valence-electron chi connectivity index (χ1n) is 6.31. The van der Waals surface area contributed by atoms with E-state index in [0.29, 0.717) is 15.8 Å². The van der Waals surface area contributed by atoms with Crippen LogP contribution in [0.5, 0.6) is 0 Å². The molecule has 0 bridgehead atoms. The van der Waals surface area contributed by atoms with Gasteiger partial charge < -0.3 is 5.32 Å². The highest BCUT2D eigenvalue weighted by Gasteiger charge is 2.14. The summed E-state index contributed by atoms with van der Waals surface area (Å²) in [5, 5.41) is 5.30. The Morgan fingerprint density at radius 3 is 2.85 bits per heavy atom. The van der Waals surface area contributed by atoms with Crippen LogP contribution >= 0.6 is 34.5 Å². The lowest BCUT2D eigenvalue weighted by molar-refractivity contribution is 0.103. The Morgan fingerprint density at radius 2 is 2.20 bits per heavy atom. The number of alkyl halides is 1. The summed E-state index contributed by atoms with van der Waals surface area (Å²) in [6, 6.07) is 7.81. The summed E-state index contributed by atoms with van der Waals surface area (Å²) in [6.45, 7) is 1.89. The summed E-state index contributed by atoms with van der Waals surface area (Å²) in [7, 11) is 0. The molecule has 2 nitrogen and oxygen atoms in total. The third-order valence-corrected chi connectivity index (χ3v) is 4.85. The Labute approximate surface area is 132 Å². The maximum atomic E-state index is 12.2. The molecule has 0 aliphatic heterocycles. The molecule has 1 heterocycles. The molecule has 0 fully saturated rings. The van der Waals surface area contributed by atoms with Crippen LogP contribution < -0.4 is 5.32 Å². The van der Waals surface area contributed by atoms with Crippen LogP contribution in [0, 0.1) is 6.92 Å². The maximum absolute atomic E-state index is 12.2. The molecule has 0 aliphatic rings. The van der Waals surface area contributed by atoms with E-state index in [9.17, 15) is 4.79 Å². The Hall–Kier alpha value is -1.03. The van der Waals surface area contributed by atoms with Gasteiger partial charge in [-0.15, -0.1) is 22.9 Å². The second-order valence-corrected chi connectivity index (χ2v) is 6.14. The predicted octanol–water partition coefficient (Wildman–Crippen LogP) is 5.13. The van der Waals surface area contributed by atoms with Gasteiger partial charge in [0.2, 0.25) is 0 Å². The van der Waals surface area contributed by atoms with Crippen LogP contribution in [0.25, 0.3) is 0 Å². The summed E-state index contributed by atoms with van der Waals surface area (Å²) in [5.74, 6) is 0.475. The van der Waals surface area contributed by atoms with Gasteiger partial charge in [-0.25, -0.2) is 0 Å². The number of carbonyl (C=O) groups is 1. The van der Waals surface area contributed by atoms with Crippen molar-refractivity contribution in [2.75, 3.05) is 11.2 Å². The lowest BCUT2D eigenvalue weighted by Gasteiger charge is -2.06. The number of carbonyl (C=O) groups excluding carboxylic acids is 1. The number of nitrogens with one attached hydrogen (secondary N) is 1. The van der Waals surface area contributed by atoms with E-state index in [1.807, 2.05) is 36.6 Å². The number of thiophene rings is 1. The second-order valence-electron chi connectivity index (χ2n) is 4.51. The number of rotatable bonds is 5. The fourth-order valence-electron chi connectivity index (χ4n) is 1.85. The van der Waals surface area contributed by atoms with Crippen LogP contribution in [0.15, 0.2) is 29.6 Å². The van der Waals surface area contributed by atoms with E-state index in [1.54, 1.807) is 0 Å². The van der Waals surface area contributed by atoms with Crippen molar-refractivity contribution in [3.63, 3.8) is 0 Å². The van der Waals surface area contributed by atoms with Crippen molar-refractivity contribution in [1.82, 2.24) is 0 Å². The lowest BCUT2D eigenvalue weighted by Crippen LogP contribution is -2.10. The van der Waals surface area contributed by atoms with Crippen molar-refractivity contribution in [3.8, 4) is 0 Å². The number of amides is 1. The number of halogens is 2. The largest absolute Gasteiger partial charge is 0.321 e. The summed E-state index contributed by atoms with van der Waals surface area (Å²) < 4.78 is 0. The zero-order chi connectivity index (χ0) is 14.5. The molecule has 1 aromatic carbocycles. The molecule has 0 saturated carbocycles. The Bertz CT molecular complexity index is 610. The Balaban J connectivity index is 2.09. The van der Waals surface area contributed by atoms with Crippen molar-refractivity contribution in [1.29, 1.82) is 0 Å². The van der Waals surface area contributed by atoms with E-state index in [-0.39, 0.29) is 5.91 Å². The first kappa shape index (κ1) is 15.4. The average molecular weight is 328 g/mol. The average Bonchev–Trinajstić information content (AvgIpc) is 2.77. The first-order chi connectivity index (χ1) is 9.61. The van der Waals surface area contributed by atoms with Gasteiger partial charge in [-0.1, -0.05) is 23.7 Å². The zero-order valence-electron chi connectivity index (χ0n) is 11.1. The molecular weight excluding hydrogens is 313 g/mol. The lowest BCUT2D eigenvalue weighted by atomic mass is 10.1. The molecule has 20 heavy (non-hydrogen) atoms. The SMILES string of the molecule is Cc1csc(C(=O)Nc2cccc(CCCCl)c2)c1Cl. The van der Waals surface area contributed by atoms with Crippen molar-refractivity contribution < 1.29 is 4.79 Å². The molecule has 0 aliphatic carbocycles. The van der Waals surface area contributed by atoms with Crippen LogP contribution in [0.4, 0.5) is 5.69 Å². The molecule has 1 amide bonds. The van der Waals surface area contributed by atoms with E-state index in [0.717, 1.165) is 29.7 Å². The predicted molar refractivity (Wildman–Crippen MR) is 87.5 cm³/mol. The third-order valence-electron chi connectivity index (χ3n) is 2.89. The smallest absolute Gasteiger partial charge is 0.267 e. The minimum Gasteiger partial charge on any atom is -0.321 e. The van der Waals surface area contributed by atoms with Crippen LogP contribution in [-0.4, -0.2) is 11.8 Å². The highest BCUT2D eigenvalue weighted by molar-refractivity contribution is 7.13. The second kappa shape index (κ2) is 7.11. The molecule has 0 spiro atoms. The minimum atomic E-state index is -0.164. The molecular formula is C15H15Cl2NOS. The molecule has 2 rings (SSSR count). The van der Waals surface area contributed by atoms with Gasteiger partial charge in [0.25, 0.3) is 5.91 Å². The van der Waals surface area contributed by atoms with E-state index < -0.39 is 0 Å². The van der Waals surface area contributed by atoms with E-state index in [1.165, 1.54) is 11.3 Å². The Morgan fingerprint density at radius 1 is 1.40 bits per heavy atom. The highest BCUT2D eigenvalue weighted by Crippen LogP contribution is 2.28. The van der Waals surface area contributed by atoms with Gasteiger partial charge in [0.15, 0.2) is 0 Å².